The van der Waals surface area contributed by atoms with Gasteiger partial charge in [-0.2, -0.15) is 0 Å². The lowest BCUT2D eigenvalue weighted by atomic mass is 9.99. The molecule has 20 heavy (non-hydrogen) atoms. The molecular weight excluding hydrogens is 266 g/mol. The van der Waals surface area contributed by atoms with Crippen molar-refractivity contribution in [3.05, 3.63) is 0 Å². The summed E-state index contributed by atoms with van der Waals surface area (Å²) in [4.78, 5) is 34.5. The summed E-state index contributed by atoms with van der Waals surface area (Å²) in [5, 5.41) is 11.4. The van der Waals surface area contributed by atoms with Gasteiger partial charge in [0.1, 0.15) is 12.1 Å². The summed E-state index contributed by atoms with van der Waals surface area (Å²) in [6, 6.07) is -0.745. The van der Waals surface area contributed by atoms with Crippen molar-refractivity contribution in [1.29, 1.82) is 0 Å². The molecule has 1 saturated heterocycles. The molecular formula is C13H21NO6. The predicted molar refractivity (Wildman–Crippen MR) is 68.9 cm³/mol. The highest BCUT2D eigenvalue weighted by Gasteiger charge is 2.37. The van der Waals surface area contributed by atoms with Gasteiger partial charge in [0.25, 0.3) is 0 Å². The van der Waals surface area contributed by atoms with Crippen LogP contribution in [-0.2, 0) is 23.9 Å². The van der Waals surface area contributed by atoms with E-state index in [1.165, 1.54) is 7.11 Å². The first-order chi connectivity index (χ1) is 9.40. The Hall–Kier alpha value is -1.63. The molecule has 7 nitrogen and oxygen atoms in total. The monoisotopic (exact) mass is 287 g/mol. The molecule has 0 saturated carbocycles. The summed E-state index contributed by atoms with van der Waals surface area (Å²) in [6.45, 7) is 3.73. The van der Waals surface area contributed by atoms with Gasteiger partial charge in [-0.1, -0.05) is 20.3 Å². The second-order valence-electron chi connectivity index (χ2n) is 4.92. The minimum Gasteiger partial charge on any atom is -0.479 e. The lowest BCUT2D eigenvalue weighted by Crippen LogP contribution is -2.49. The first kappa shape index (κ1) is 16.4. The minimum atomic E-state index is -1.08. The van der Waals surface area contributed by atoms with Gasteiger partial charge in [0.2, 0.25) is 5.91 Å². The van der Waals surface area contributed by atoms with E-state index >= 15 is 0 Å². The number of esters is 1. The van der Waals surface area contributed by atoms with Crippen LogP contribution in [0, 0.1) is 5.92 Å². The topological polar surface area (TPSA) is 102 Å². The number of carbonyl (C=O) groups excluding carboxylic acids is 2. The van der Waals surface area contributed by atoms with Gasteiger partial charge in [-0.25, -0.2) is 9.59 Å². The smallest absolute Gasteiger partial charge is 0.332 e. The molecule has 0 aliphatic carbocycles. The molecule has 0 aromatic rings. The van der Waals surface area contributed by atoms with Crippen LogP contribution in [0.15, 0.2) is 0 Å². The third kappa shape index (κ3) is 3.93. The highest BCUT2D eigenvalue weighted by Crippen LogP contribution is 2.20. The molecule has 2 unspecified atom stereocenters. The molecule has 7 heteroatoms. The predicted octanol–water partition coefficient (Wildman–Crippen LogP) is 0.323. The third-order valence-electron chi connectivity index (χ3n) is 3.55. The van der Waals surface area contributed by atoms with E-state index < -0.39 is 36.1 Å². The van der Waals surface area contributed by atoms with Gasteiger partial charge >= 0.3 is 11.9 Å². The van der Waals surface area contributed by atoms with Crippen LogP contribution in [0.3, 0.4) is 0 Å². The summed E-state index contributed by atoms with van der Waals surface area (Å²) in [5.41, 5.74) is 0. The summed E-state index contributed by atoms with van der Waals surface area (Å²) < 4.78 is 9.82. The zero-order valence-corrected chi connectivity index (χ0v) is 11.9. The second-order valence-corrected chi connectivity index (χ2v) is 4.92. The van der Waals surface area contributed by atoms with Crippen molar-refractivity contribution in [2.24, 2.45) is 5.92 Å². The van der Waals surface area contributed by atoms with E-state index in [0.717, 1.165) is 0 Å². The van der Waals surface area contributed by atoms with Gasteiger partial charge in [-0.15, -0.1) is 0 Å². The van der Waals surface area contributed by atoms with Gasteiger partial charge in [0.05, 0.1) is 7.11 Å². The fraction of sp³-hybridized carbons (Fsp3) is 0.769. The molecule has 2 N–H and O–H groups in total. The number of aliphatic carboxylic acids is 1. The average molecular weight is 287 g/mol. The molecule has 0 aromatic carbocycles. The summed E-state index contributed by atoms with van der Waals surface area (Å²) in [7, 11) is 1.26. The number of amides is 1. The van der Waals surface area contributed by atoms with E-state index in [1.54, 1.807) is 0 Å². The second kappa shape index (κ2) is 7.23. The fourth-order valence-corrected chi connectivity index (χ4v) is 2.05. The van der Waals surface area contributed by atoms with Crippen molar-refractivity contribution in [2.75, 3.05) is 7.11 Å². The first-order valence-corrected chi connectivity index (χ1v) is 6.67. The number of carbonyl (C=O) groups is 3. The van der Waals surface area contributed by atoms with Crippen molar-refractivity contribution < 1.29 is 29.0 Å². The maximum atomic E-state index is 12.0. The minimum absolute atomic E-state index is 0.0805. The quantitative estimate of drug-likeness (QED) is 0.682. The van der Waals surface area contributed by atoms with Crippen molar-refractivity contribution in [1.82, 2.24) is 5.32 Å². The normalized spacial score (nSPS) is 24.8. The zero-order valence-electron chi connectivity index (χ0n) is 11.9. The number of hydrogen-bond donors (Lipinski definition) is 2. The molecule has 1 aliphatic rings. The van der Waals surface area contributed by atoms with Crippen LogP contribution in [0.5, 0.6) is 0 Å². The number of ether oxygens (including phenoxy) is 2. The van der Waals surface area contributed by atoms with Gasteiger partial charge in [0, 0.05) is 0 Å². The summed E-state index contributed by atoms with van der Waals surface area (Å²) in [5.74, 6) is -2.14. The highest BCUT2D eigenvalue weighted by molar-refractivity contribution is 5.87. The molecule has 114 valence electrons. The molecule has 0 bridgehead atoms. The Morgan fingerprint density at radius 2 is 1.95 bits per heavy atom. The molecule has 1 fully saturated rings. The number of carboxylic acid groups (broad SMARTS) is 1. The van der Waals surface area contributed by atoms with Crippen LogP contribution >= 0.6 is 0 Å². The Labute approximate surface area is 117 Å². The lowest BCUT2D eigenvalue weighted by molar-refractivity contribution is -0.154. The first-order valence-electron chi connectivity index (χ1n) is 6.67. The summed E-state index contributed by atoms with van der Waals surface area (Å²) in [6.07, 6.45) is -0.460. The van der Waals surface area contributed by atoms with Crippen molar-refractivity contribution in [3.8, 4) is 0 Å². The highest BCUT2D eigenvalue weighted by atomic mass is 16.5. The Morgan fingerprint density at radius 1 is 1.35 bits per heavy atom. The largest absolute Gasteiger partial charge is 0.479 e. The Balaban J connectivity index is 2.63. The number of nitrogens with one attached hydrogen (secondary N) is 1. The molecule has 1 aliphatic heterocycles. The Morgan fingerprint density at radius 3 is 2.40 bits per heavy atom. The lowest BCUT2D eigenvalue weighted by Gasteiger charge is -2.23. The van der Waals surface area contributed by atoms with Crippen LogP contribution in [0.1, 0.15) is 33.1 Å². The molecule has 1 heterocycles. The number of rotatable bonds is 6. The van der Waals surface area contributed by atoms with Crippen molar-refractivity contribution in [3.63, 3.8) is 0 Å². The standard InChI is InChI=1S/C13H21NO6/c1-4-7(2)10(13(18)19-3)14-11(15)8-5-6-9(20-8)12(16)17/h7-10H,4-6H2,1-3H3,(H,14,15)(H,16,17)/t7?,8-,9+,10?/m0/s1. The van der Waals surface area contributed by atoms with Crippen LogP contribution in [0.4, 0.5) is 0 Å². The maximum absolute atomic E-state index is 12.0. The zero-order chi connectivity index (χ0) is 15.3. The van der Waals surface area contributed by atoms with Crippen LogP contribution < -0.4 is 5.32 Å². The van der Waals surface area contributed by atoms with E-state index in [4.69, 9.17) is 9.84 Å². The maximum Gasteiger partial charge on any atom is 0.332 e. The number of methoxy groups -OCH3 is 1. The Kier molecular flexibility index (Phi) is 5.94. The third-order valence-corrected chi connectivity index (χ3v) is 3.55. The summed E-state index contributed by atoms with van der Waals surface area (Å²) >= 11 is 0. The van der Waals surface area contributed by atoms with Crippen LogP contribution in [0.2, 0.25) is 0 Å². The fourth-order valence-electron chi connectivity index (χ4n) is 2.05. The molecule has 1 amide bonds. The van der Waals surface area contributed by atoms with Crippen molar-refractivity contribution in [2.45, 2.75) is 51.4 Å². The van der Waals surface area contributed by atoms with Gasteiger partial charge in [-0.3, -0.25) is 4.79 Å². The van der Waals surface area contributed by atoms with Gasteiger partial charge in [0.15, 0.2) is 6.10 Å². The number of carboxylic acids is 1. The average Bonchev–Trinajstić information content (AvgIpc) is 2.92. The van der Waals surface area contributed by atoms with E-state index in [2.05, 4.69) is 10.1 Å². The molecule has 0 aromatic heterocycles. The van der Waals surface area contributed by atoms with Gasteiger partial charge < -0.3 is 19.9 Å². The van der Waals surface area contributed by atoms with Crippen LogP contribution in [0.25, 0.3) is 0 Å². The van der Waals surface area contributed by atoms with Crippen molar-refractivity contribution >= 4 is 17.8 Å². The van der Waals surface area contributed by atoms with E-state index in [0.29, 0.717) is 19.3 Å². The number of hydrogen-bond acceptors (Lipinski definition) is 5. The SMILES string of the molecule is CCC(C)C(NC(=O)[C@@H]1CC[C@H](C(=O)O)O1)C(=O)OC. The van der Waals surface area contributed by atoms with E-state index in [-0.39, 0.29) is 5.92 Å². The molecule has 4 atom stereocenters. The van der Waals surface area contributed by atoms with E-state index in [1.807, 2.05) is 13.8 Å². The van der Waals surface area contributed by atoms with Crippen LogP contribution in [-0.4, -0.2) is 48.3 Å². The van der Waals surface area contributed by atoms with E-state index in [9.17, 15) is 14.4 Å². The molecule has 0 spiro atoms. The van der Waals surface area contributed by atoms with Gasteiger partial charge in [-0.05, 0) is 18.8 Å². The molecule has 1 rings (SSSR count). The Bertz CT molecular complexity index is 383. The molecule has 0 radical (unpaired) electrons.